The van der Waals surface area contributed by atoms with Gasteiger partial charge < -0.3 is 4.90 Å². The predicted molar refractivity (Wildman–Crippen MR) is 243 cm³/mol. The van der Waals surface area contributed by atoms with Crippen LogP contribution in [0.5, 0.6) is 0 Å². The van der Waals surface area contributed by atoms with Gasteiger partial charge in [-0.3, -0.25) is 0 Å². The zero-order chi connectivity index (χ0) is 37.0. The van der Waals surface area contributed by atoms with Crippen LogP contribution in [0.15, 0.2) is 212 Å². The molecular weight excluding hydrogens is 695 g/mol. The molecule has 0 radical (unpaired) electrons. The van der Waals surface area contributed by atoms with Gasteiger partial charge >= 0.3 is 0 Å². The Morgan fingerprint density at radius 2 is 0.875 bits per heavy atom. The first-order chi connectivity index (χ1) is 27.8. The molecule has 0 unspecified atom stereocenters. The first-order valence-electron chi connectivity index (χ1n) is 19.2. The van der Waals surface area contributed by atoms with Gasteiger partial charge in [0.05, 0.1) is 5.69 Å². The van der Waals surface area contributed by atoms with Crippen molar-refractivity contribution in [3.63, 3.8) is 0 Å². The van der Waals surface area contributed by atoms with Crippen molar-refractivity contribution in [2.45, 2.75) is 0 Å². The van der Waals surface area contributed by atoms with Crippen LogP contribution in [0.3, 0.4) is 0 Å². The number of benzene rings is 10. The minimum absolute atomic E-state index is 1.12. The van der Waals surface area contributed by atoms with Gasteiger partial charge in [0.1, 0.15) is 0 Å². The highest BCUT2D eigenvalue weighted by atomic mass is 32.1. The Morgan fingerprint density at radius 3 is 1.68 bits per heavy atom. The second-order valence-corrected chi connectivity index (χ2v) is 15.5. The molecule has 1 nitrogen and oxygen atoms in total. The molecule has 1 aromatic heterocycles. The van der Waals surface area contributed by atoms with Crippen molar-refractivity contribution in [2.75, 3.05) is 4.90 Å². The third-order valence-corrected chi connectivity index (χ3v) is 12.3. The van der Waals surface area contributed by atoms with E-state index in [-0.39, 0.29) is 0 Å². The van der Waals surface area contributed by atoms with E-state index in [0.717, 1.165) is 11.4 Å². The van der Waals surface area contributed by atoms with E-state index >= 15 is 0 Å². The van der Waals surface area contributed by atoms with Crippen LogP contribution in [0.25, 0.3) is 85.9 Å². The topological polar surface area (TPSA) is 3.24 Å². The molecule has 0 spiro atoms. The molecule has 11 aromatic rings. The molecule has 0 bridgehead atoms. The van der Waals surface area contributed by atoms with E-state index in [9.17, 15) is 0 Å². The Kier molecular flexibility index (Phi) is 7.75. The van der Waals surface area contributed by atoms with E-state index in [1.54, 1.807) is 0 Å². The molecule has 0 fully saturated rings. The Labute approximate surface area is 330 Å². The summed E-state index contributed by atoms with van der Waals surface area (Å²) in [6.07, 6.45) is 0. The maximum atomic E-state index is 2.45. The smallest absolute Gasteiger partial charge is 0.0554 e. The van der Waals surface area contributed by atoms with E-state index in [0.29, 0.717) is 0 Å². The first kappa shape index (κ1) is 32.4. The van der Waals surface area contributed by atoms with Crippen LogP contribution in [0.1, 0.15) is 0 Å². The van der Waals surface area contributed by atoms with E-state index in [2.05, 4.69) is 217 Å². The summed E-state index contributed by atoms with van der Waals surface area (Å²) in [6.45, 7) is 0. The summed E-state index contributed by atoms with van der Waals surface area (Å²) < 4.78 is 2.59. The summed E-state index contributed by atoms with van der Waals surface area (Å²) >= 11 is 1.86. The van der Waals surface area contributed by atoms with Gasteiger partial charge in [0, 0.05) is 31.5 Å². The standard InChI is InChI=1S/C54H35NS/c1-3-16-37(17-4-1)52-46-24-10-9-23-44(46)45-32-30-41(35-48(45)53(52)38-18-5-2-6-19-38)40-21-13-22-42(34-40)55(43-31-29-36-15-7-8-20-39(36)33-43)49-26-14-28-51-54(49)47-25-11-12-27-50(47)56-51/h1-35H. The molecular formula is C54H35NS. The molecule has 0 aliphatic carbocycles. The van der Waals surface area contributed by atoms with E-state index < -0.39 is 0 Å². The Bertz CT molecular complexity index is 3250. The SMILES string of the molecule is c1ccc(-c2c(-c3ccccc3)c3cc(-c4cccc(N(c5ccc6ccccc6c5)c5cccc6sc7ccccc7c56)c4)ccc3c3ccccc23)cc1. The summed E-state index contributed by atoms with van der Waals surface area (Å²) in [6, 6.07) is 77.8. The average molecular weight is 730 g/mol. The van der Waals surface area contributed by atoms with Crippen LogP contribution in [-0.2, 0) is 0 Å². The largest absolute Gasteiger partial charge is 0.310 e. The molecule has 0 saturated carbocycles. The maximum absolute atomic E-state index is 2.45. The van der Waals surface area contributed by atoms with Crippen molar-refractivity contribution in [3.05, 3.63) is 212 Å². The molecule has 0 saturated heterocycles. The van der Waals surface area contributed by atoms with Crippen LogP contribution in [0.2, 0.25) is 0 Å². The van der Waals surface area contributed by atoms with Crippen LogP contribution < -0.4 is 4.90 Å². The first-order valence-corrected chi connectivity index (χ1v) is 20.0. The zero-order valence-electron chi connectivity index (χ0n) is 30.6. The quantitative estimate of drug-likeness (QED) is 0.154. The van der Waals surface area contributed by atoms with Gasteiger partial charge in [0.15, 0.2) is 0 Å². The van der Waals surface area contributed by atoms with E-state index in [1.807, 2.05) is 11.3 Å². The van der Waals surface area contributed by atoms with Crippen molar-refractivity contribution in [3.8, 4) is 33.4 Å². The Balaban J connectivity index is 1.16. The zero-order valence-corrected chi connectivity index (χ0v) is 31.4. The number of nitrogens with zero attached hydrogens (tertiary/aromatic N) is 1. The van der Waals surface area contributed by atoms with Crippen molar-refractivity contribution >= 4 is 80.9 Å². The summed E-state index contributed by atoms with van der Waals surface area (Å²) in [4.78, 5) is 2.45. The highest BCUT2D eigenvalue weighted by Crippen LogP contribution is 2.48. The lowest BCUT2D eigenvalue weighted by Gasteiger charge is -2.27. The van der Waals surface area contributed by atoms with Crippen molar-refractivity contribution in [2.24, 2.45) is 0 Å². The van der Waals surface area contributed by atoms with Gasteiger partial charge in [0.25, 0.3) is 0 Å². The van der Waals surface area contributed by atoms with E-state index in [4.69, 9.17) is 0 Å². The number of fused-ring (bicyclic) bond motifs is 7. The Morgan fingerprint density at radius 1 is 0.304 bits per heavy atom. The number of hydrogen-bond donors (Lipinski definition) is 0. The minimum Gasteiger partial charge on any atom is -0.310 e. The maximum Gasteiger partial charge on any atom is 0.0554 e. The van der Waals surface area contributed by atoms with Crippen molar-refractivity contribution in [1.82, 2.24) is 0 Å². The molecule has 1 heterocycles. The molecule has 262 valence electrons. The highest BCUT2D eigenvalue weighted by molar-refractivity contribution is 7.26. The summed E-state index contributed by atoms with van der Waals surface area (Å²) in [5, 5.41) is 10.1. The van der Waals surface area contributed by atoms with Crippen molar-refractivity contribution in [1.29, 1.82) is 0 Å². The highest BCUT2D eigenvalue weighted by Gasteiger charge is 2.21. The van der Waals surface area contributed by atoms with Gasteiger partial charge in [-0.2, -0.15) is 0 Å². The fourth-order valence-corrected chi connectivity index (χ4v) is 9.82. The number of anilines is 3. The third-order valence-electron chi connectivity index (χ3n) is 11.2. The number of thiophene rings is 1. The number of hydrogen-bond acceptors (Lipinski definition) is 2. The van der Waals surface area contributed by atoms with Crippen LogP contribution in [0, 0.1) is 0 Å². The average Bonchev–Trinajstić information content (AvgIpc) is 3.66. The molecule has 2 heteroatoms. The van der Waals surface area contributed by atoms with Crippen molar-refractivity contribution < 1.29 is 0 Å². The summed E-state index contributed by atoms with van der Waals surface area (Å²) in [7, 11) is 0. The molecule has 10 aromatic carbocycles. The minimum atomic E-state index is 1.12. The summed E-state index contributed by atoms with van der Waals surface area (Å²) in [5.74, 6) is 0. The molecule has 56 heavy (non-hydrogen) atoms. The molecule has 0 atom stereocenters. The lowest BCUT2D eigenvalue weighted by atomic mass is 9.84. The van der Waals surface area contributed by atoms with Crippen LogP contribution >= 0.6 is 11.3 Å². The molecule has 11 rings (SSSR count). The predicted octanol–water partition coefficient (Wildman–Crippen LogP) is 16.0. The van der Waals surface area contributed by atoms with Crippen LogP contribution in [-0.4, -0.2) is 0 Å². The molecule has 0 aliphatic heterocycles. The van der Waals surface area contributed by atoms with Gasteiger partial charge in [-0.25, -0.2) is 0 Å². The number of rotatable bonds is 6. The normalized spacial score (nSPS) is 11.6. The summed E-state index contributed by atoms with van der Waals surface area (Å²) in [5.41, 5.74) is 10.7. The van der Waals surface area contributed by atoms with Gasteiger partial charge in [0.2, 0.25) is 0 Å². The molecule has 0 amide bonds. The third kappa shape index (κ3) is 5.38. The van der Waals surface area contributed by atoms with E-state index in [1.165, 1.54) is 91.6 Å². The van der Waals surface area contributed by atoms with Gasteiger partial charge in [-0.15, -0.1) is 11.3 Å². The second-order valence-electron chi connectivity index (χ2n) is 14.5. The fraction of sp³-hybridized carbons (Fsp3) is 0. The monoisotopic (exact) mass is 729 g/mol. The van der Waals surface area contributed by atoms with Crippen LogP contribution in [0.4, 0.5) is 17.1 Å². The molecule has 0 N–H and O–H groups in total. The lowest BCUT2D eigenvalue weighted by molar-refractivity contribution is 1.31. The second kappa shape index (κ2) is 13.4. The van der Waals surface area contributed by atoms with Gasteiger partial charge in [-0.1, -0.05) is 164 Å². The Hall–Kier alpha value is -7.00. The lowest BCUT2D eigenvalue weighted by Crippen LogP contribution is -2.10. The van der Waals surface area contributed by atoms with Gasteiger partial charge in [-0.05, 0) is 114 Å². The fourth-order valence-electron chi connectivity index (χ4n) is 8.69. The molecule has 0 aliphatic rings.